The Kier molecular flexibility index (Phi) is 3.42. The molecular weight excluding hydrogens is 294 g/mol. The number of aromatic nitrogens is 2. The van der Waals surface area contributed by atoms with Crippen LogP contribution in [0.1, 0.15) is 35.7 Å². The standard InChI is InChI=1S/C17H17N3OS/c21-17(13-10-22-16-7-2-1-4-12(13)16)19-14-5-3-6-15(14)20-9-8-18-11-20/h1-2,4,7-11,14-15H,3,5-6H2,(H,19,21)/t14-,15-/m0/s1. The van der Waals surface area contributed by atoms with E-state index in [1.165, 1.54) is 0 Å². The third-order valence-corrected chi connectivity index (χ3v) is 5.39. The molecule has 5 heteroatoms. The first-order chi connectivity index (χ1) is 10.8. The first-order valence-electron chi connectivity index (χ1n) is 7.57. The van der Waals surface area contributed by atoms with Gasteiger partial charge >= 0.3 is 0 Å². The zero-order chi connectivity index (χ0) is 14.9. The normalized spacial score (nSPS) is 21.3. The van der Waals surface area contributed by atoms with Crippen LogP contribution in [0, 0.1) is 0 Å². The van der Waals surface area contributed by atoms with Crippen molar-refractivity contribution >= 4 is 27.3 Å². The lowest BCUT2D eigenvalue weighted by Gasteiger charge is -2.22. The van der Waals surface area contributed by atoms with Gasteiger partial charge in [0.2, 0.25) is 0 Å². The third-order valence-electron chi connectivity index (χ3n) is 4.43. The summed E-state index contributed by atoms with van der Waals surface area (Å²) < 4.78 is 3.27. The molecule has 1 aromatic carbocycles. The molecule has 0 saturated heterocycles. The molecule has 1 amide bonds. The average molecular weight is 311 g/mol. The fraction of sp³-hybridized carbons (Fsp3) is 0.294. The highest BCUT2D eigenvalue weighted by Gasteiger charge is 2.30. The molecule has 112 valence electrons. The van der Waals surface area contributed by atoms with Gasteiger partial charge in [-0.25, -0.2) is 4.98 Å². The smallest absolute Gasteiger partial charge is 0.253 e. The minimum absolute atomic E-state index is 0.0365. The minimum Gasteiger partial charge on any atom is -0.347 e. The minimum atomic E-state index is 0.0365. The van der Waals surface area contributed by atoms with Crippen molar-refractivity contribution in [3.63, 3.8) is 0 Å². The predicted octanol–water partition coefficient (Wildman–Crippen LogP) is 3.62. The van der Waals surface area contributed by atoms with Crippen molar-refractivity contribution in [3.05, 3.63) is 53.9 Å². The number of fused-ring (bicyclic) bond motifs is 1. The van der Waals surface area contributed by atoms with Gasteiger partial charge in [0, 0.05) is 33.9 Å². The number of hydrogen-bond acceptors (Lipinski definition) is 3. The van der Waals surface area contributed by atoms with Gasteiger partial charge in [-0.1, -0.05) is 18.2 Å². The highest BCUT2D eigenvalue weighted by molar-refractivity contribution is 7.17. The number of rotatable bonds is 3. The lowest BCUT2D eigenvalue weighted by atomic mass is 10.1. The molecule has 1 aliphatic carbocycles. The first kappa shape index (κ1) is 13.5. The van der Waals surface area contributed by atoms with Gasteiger partial charge in [-0.05, 0) is 25.3 Å². The zero-order valence-corrected chi connectivity index (χ0v) is 12.9. The molecule has 0 aliphatic heterocycles. The summed E-state index contributed by atoms with van der Waals surface area (Å²) in [6.45, 7) is 0. The van der Waals surface area contributed by atoms with Gasteiger partial charge in [-0.2, -0.15) is 0 Å². The molecule has 1 fully saturated rings. The van der Waals surface area contributed by atoms with Crippen LogP contribution >= 0.6 is 11.3 Å². The van der Waals surface area contributed by atoms with Gasteiger partial charge in [-0.15, -0.1) is 11.3 Å². The van der Waals surface area contributed by atoms with Crippen LogP contribution in [-0.2, 0) is 0 Å². The highest BCUT2D eigenvalue weighted by atomic mass is 32.1. The van der Waals surface area contributed by atoms with Crippen molar-refractivity contribution in [3.8, 4) is 0 Å². The maximum Gasteiger partial charge on any atom is 0.253 e. The number of benzene rings is 1. The van der Waals surface area contributed by atoms with Crippen LogP contribution in [0.15, 0.2) is 48.4 Å². The Morgan fingerprint density at radius 1 is 1.32 bits per heavy atom. The Labute approximate surface area is 132 Å². The van der Waals surface area contributed by atoms with Crippen molar-refractivity contribution in [2.75, 3.05) is 0 Å². The molecule has 2 heterocycles. The number of hydrogen-bond donors (Lipinski definition) is 1. The Morgan fingerprint density at radius 3 is 3.09 bits per heavy atom. The number of amides is 1. The Morgan fingerprint density at radius 2 is 2.23 bits per heavy atom. The highest BCUT2D eigenvalue weighted by Crippen LogP contribution is 2.31. The maximum atomic E-state index is 12.7. The monoisotopic (exact) mass is 311 g/mol. The quantitative estimate of drug-likeness (QED) is 0.803. The van der Waals surface area contributed by atoms with Crippen LogP contribution < -0.4 is 5.32 Å². The largest absolute Gasteiger partial charge is 0.347 e. The fourth-order valence-corrected chi connectivity index (χ4v) is 4.27. The summed E-state index contributed by atoms with van der Waals surface area (Å²) in [5, 5.41) is 6.23. The summed E-state index contributed by atoms with van der Waals surface area (Å²) in [5.41, 5.74) is 0.789. The first-order valence-corrected chi connectivity index (χ1v) is 8.45. The van der Waals surface area contributed by atoms with Gasteiger partial charge in [-0.3, -0.25) is 4.79 Å². The molecule has 1 N–H and O–H groups in total. The van der Waals surface area contributed by atoms with E-state index < -0.39 is 0 Å². The lowest BCUT2D eigenvalue weighted by molar-refractivity contribution is 0.0931. The molecule has 0 radical (unpaired) electrons. The van der Waals surface area contributed by atoms with Crippen molar-refractivity contribution in [1.29, 1.82) is 0 Å². The van der Waals surface area contributed by atoms with E-state index in [0.717, 1.165) is 34.9 Å². The summed E-state index contributed by atoms with van der Waals surface area (Å²) >= 11 is 1.62. The number of carbonyl (C=O) groups excluding carboxylic acids is 1. The lowest BCUT2D eigenvalue weighted by Crippen LogP contribution is -2.38. The summed E-state index contributed by atoms with van der Waals surface area (Å²) in [4.78, 5) is 16.8. The Hall–Kier alpha value is -2.14. The van der Waals surface area contributed by atoms with E-state index in [2.05, 4.69) is 20.9 Å². The molecule has 0 bridgehead atoms. The van der Waals surface area contributed by atoms with Crippen LogP contribution in [0.5, 0.6) is 0 Å². The van der Waals surface area contributed by atoms with Crippen LogP contribution in [0.2, 0.25) is 0 Å². The van der Waals surface area contributed by atoms with Crippen molar-refractivity contribution in [2.45, 2.75) is 31.3 Å². The molecule has 4 nitrogen and oxygen atoms in total. The molecule has 2 atom stereocenters. The third kappa shape index (κ3) is 2.31. The average Bonchev–Trinajstić information content (AvgIpc) is 3.27. The summed E-state index contributed by atoms with van der Waals surface area (Å²) in [5.74, 6) is 0.0365. The summed E-state index contributed by atoms with van der Waals surface area (Å²) in [6.07, 6.45) is 8.87. The van der Waals surface area contributed by atoms with Crippen LogP contribution in [-0.4, -0.2) is 21.5 Å². The topological polar surface area (TPSA) is 46.9 Å². The van der Waals surface area contributed by atoms with E-state index in [1.807, 2.05) is 36.1 Å². The van der Waals surface area contributed by atoms with E-state index in [1.54, 1.807) is 17.5 Å². The summed E-state index contributed by atoms with van der Waals surface area (Å²) in [7, 11) is 0. The molecule has 3 aromatic rings. The fourth-order valence-electron chi connectivity index (χ4n) is 3.33. The predicted molar refractivity (Wildman–Crippen MR) is 88.2 cm³/mol. The number of imidazole rings is 1. The second-order valence-corrected chi connectivity index (χ2v) is 6.64. The van der Waals surface area contributed by atoms with Crippen molar-refractivity contribution in [2.24, 2.45) is 0 Å². The van der Waals surface area contributed by atoms with Crippen molar-refractivity contribution in [1.82, 2.24) is 14.9 Å². The summed E-state index contributed by atoms with van der Waals surface area (Å²) in [6, 6.07) is 8.56. The van der Waals surface area contributed by atoms with Crippen LogP contribution in [0.25, 0.3) is 10.1 Å². The molecule has 22 heavy (non-hydrogen) atoms. The van der Waals surface area contributed by atoms with Crippen LogP contribution in [0.4, 0.5) is 0 Å². The SMILES string of the molecule is O=C(N[C@H]1CCC[C@@H]1n1ccnc1)c1csc2ccccc12. The molecule has 0 unspecified atom stereocenters. The molecule has 1 saturated carbocycles. The number of carbonyl (C=O) groups is 1. The van der Waals surface area contributed by atoms with Gasteiger partial charge in [0.15, 0.2) is 0 Å². The Bertz CT molecular complexity index is 793. The van der Waals surface area contributed by atoms with Gasteiger partial charge in [0.1, 0.15) is 0 Å². The van der Waals surface area contributed by atoms with Gasteiger partial charge < -0.3 is 9.88 Å². The maximum absolute atomic E-state index is 12.7. The number of nitrogens with one attached hydrogen (secondary N) is 1. The molecule has 4 rings (SSSR count). The Balaban J connectivity index is 1.56. The molecular formula is C17H17N3OS. The van der Waals surface area contributed by atoms with Gasteiger partial charge in [0.25, 0.3) is 5.91 Å². The van der Waals surface area contributed by atoms with E-state index in [4.69, 9.17) is 0 Å². The molecule has 1 aliphatic rings. The zero-order valence-electron chi connectivity index (χ0n) is 12.1. The molecule has 0 spiro atoms. The number of thiophene rings is 1. The van der Waals surface area contributed by atoms with Crippen molar-refractivity contribution < 1.29 is 4.79 Å². The van der Waals surface area contributed by atoms with Gasteiger partial charge in [0.05, 0.1) is 17.9 Å². The molecule has 2 aromatic heterocycles. The van der Waals surface area contributed by atoms with Crippen LogP contribution in [0.3, 0.4) is 0 Å². The second-order valence-electron chi connectivity index (χ2n) is 5.73. The second kappa shape index (κ2) is 5.57. The van der Waals surface area contributed by atoms with E-state index in [0.29, 0.717) is 6.04 Å². The van der Waals surface area contributed by atoms with E-state index in [9.17, 15) is 4.79 Å². The number of nitrogens with zero attached hydrogens (tertiary/aromatic N) is 2. The van der Waals surface area contributed by atoms with E-state index >= 15 is 0 Å². The van der Waals surface area contributed by atoms with E-state index in [-0.39, 0.29) is 11.9 Å².